The monoisotopic (exact) mass is 265 g/mol. The number of rotatable bonds is 5. The van der Waals surface area contributed by atoms with E-state index < -0.39 is 0 Å². The molecule has 0 bridgehead atoms. The maximum Gasteiger partial charge on any atom is 0.235 e. The SMILES string of the molecule is CCCCC1(CCC)C(=O)Nc2ccc(Cl)cc21. The van der Waals surface area contributed by atoms with Gasteiger partial charge in [0.15, 0.2) is 0 Å². The van der Waals surface area contributed by atoms with Crippen LogP contribution in [0.15, 0.2) is 18.2 Å². The van der Waals surface area contributed by atoms with Gasteiger partial charge in [0.2, 0.25) is 5.91 Å². The second-order valence-electron chi connectivity index (χ2n) is 5.08. The average Bonchev–Trinajstić information content (AvgIpc) is 2.61. The van der Waals surface area contributed by atoms with Crippen molar-refractivity contribution in [3.8, 4) is 0 Å². The summed E-state index contributed by atoms with van der Waals surface area (Å²) >= 11 is 6.09. The summed E-state index contributed by atoms with van der Waals surface area (Å²) in [6, 6.07) is 5.71. The van der Waals surface area contributed by atoms with E-state index in [1.165, 1.54) is 0 Å². The molecule has 2 rings (SSSR count). The number of benzene rings is 1. The van der Waals surface area contributed by atoms with Crippen molar-refractivity contribution in [3.05, 3.63) is 28.8 Å². The molecule has 3 heteroatoms. The minimum absolute atomic E-state index is 0.148. The molecule has 0 aromatic heterocycles. The van der Waals surface area contributed by atoms with Crippen LogP contribution in [-0.2, 0) is 10.2 Å². The number of carbonyl (C=O) groups is 1. The zero-order valence-electron chi connectivity index (χ0n) is 11.1. The van der Waals surface area contributed by atoms with Crippen LogP contribution in [0.1, 0.15) is 51.5 Å². The summed E-state index contributed by atoms with van der Waals surface area (Å²) in [7, 11) is 0. The first-order chi connectivity index (χ1) is 8.64. The van der Waals surface area contributed by atoms with Gasteiger partial charge in [0.25, 0.3) is 0 Å². The number of fused-ring (bicyclic) bond motifs is 1. The molecule has 0 fully saturated rings. The Hall–Kier alpha value is -1.02. The van der Waals surface area contributed by atoms with Gasteiger partial charge in [0.05, 0.1) is 5.41 Å². The standard InChI is InChI=1S/C15H20ClNO/c1-3-5-9-15(8-4-2)12-10-11(16)6-7-13(12)17-14(15)18/h6-7,10H,3-5,8-9H2,1-2H3,(H,17,18). The third kappa shape index (κ3) is 2.14. The minimum atomic E-state index is -0.356. The Morgan fingerprint density at radius 2 is 2.00 bits per heavy atom. The molecule has 1 heterocycles. The summed E-state index contributed by atoms with van der Waals surface area (Å²) in [6.07, 6.45) is 4.99. The Bertz CT molecular complexity index is 458. The van der Waals surface area contributed by atoms with Crippen LogP contribution in [0.25, 0.3) is 0 Å². The van der Waals surface area contributed by atoms with Gasteiger partial charge in [0.1, 0.15) is 0 Å². The Kier molecular flexibility index (Phi) is 3.96. The van der Waals surface area contributed by atoms with Gasteiger partial charge in [-0.2, -0.15) is 0 Å². The van der Waals surface area contributed by atoms with Crippen molar-refractivity contribution < 1.29 is 4.79 Å². The van der Waals surface area contributed by atoms with Gasteiger partial charge >= 0.3 is 0 Å². The smallest absolute Gasteiger partial charge is 0.235 e. The Labute approximate surface area is 114 Å². The Morgan fingerprint density at radius 1 is 1.22 bits per heavy atom. The van der Waals surface area contributed by atoms with E-state index in [0.29, 0.717) is 5.02 Å². The number of hydrogen-bond donors (Lipinski definition) is 1. The quantitative estimate of drug-likeness (QED) is 0.833. The van der Waals surface area contributed by atoms with E-state index in [1.54, 1.807) is 0 Å². The molecule has 0 saturated heterocycles. The van der Waals surface area contributed by atoms with Crippen molar-refractivity contribution >= 4 is 23.2 Å². The highest BCUT2D eigenvalue weighted by atomic mass is 35.5. The van der Waals surface area contributed by atoms with Crippen molar-refractivity contribution in [2.45, 2.75) is 51.4 Å². The van der Waals surface area contributed by atoms with Crippen molar-refractivity contribution in [2.24, 2.45) is 0 Å². The maximum atomic E-state index is 12.4. The van der Waals surface area contributed by atoms with Gasteiger partial charge in [-0.1, -0.05) is 44.7 Å². The molecule has 98 valence electrons. The highest BCUT2D eigenvalue weighted by molar-refractivity contribution is 6.31. The van der Waals surface area contributed by atoms with E-state index in [0.717, 1.165) is 43.4 Å². The zero-order chi connectivity index (χ0) is 13.2. The molecule has 0 saturated carbocycles. The van der Waals surface area contributed by atoms with Crippen LogP contribution in [0.4, 0.5) is 5.69 Å². The average molecular weight is 266 g/mol. The topological polar surface area (TPSA) is 29.1 Å². The molecule has 0 spiro atoms. The Morgan fingerprint density at radius 3 is 2.67 bits per heavy atom. The van der Waals surface area contributed by atoms with Gasteiger partial charge in [-0.05, 0) is 36.6 Å². The molecule has 1 atom stereocenters. The first-order valence-corrected chi connectivity index (χ1v) is 7.13. The van der Waals surface area contributed by atoms with Crippen molar-refractivity contribution in [3.63, 3.8) is 0 Å². The van der Waals surface area contributed by atoms with Crippen LogP contribution < -0.4 is 5.32 Å². The van der Waals surface area contributed by atoms with Crippen LogP contribution in [0.2, 0.25) is 5.02 Å². The molecule has 1 aliphatic rings. The van der Waals surface area contributed by atoms with Gasteiger partial charge in [-0.3, -0.25) is 4.79 Å². The second kappa shape index (κ2) is 5.31. The predicted octanol–water partition coefficient (Wildman–Crippen LogP) is 4.52. The zero-order valence-corrected chi connectivity index (χ0v) is 11.8. The molecule has 0 aliphatic carbocycles. The highest BCUT2D eigenvalue weighted by Gasteiger charge is 2.45. The molecule has 1 aliphatic heterocycles. The molecule has 1 N–H and O–H groups in total. The van der Waals surface area contributed by atoms with E-state index in [1.807, 2.05) is 18.2 Å². The van der Waals surface area contributed by atoms with Crippen LogP contribution in [0.3, 0.4) is 0 Å². The fraction of sp³-hybridized carbons (Fsp3) is 0.533. The summed E-state index contributed by atoms with van der Waals surface area (Å²) in [5, 5.41) is 3.72. The lowest BCUT2D eigenvalue weighted by Gasteiger charge is -2.27. The third-order valence-electron chi connectivity index (χ3n) is 3.81. The summed E-state index contributed by atoms with van der Waals surface area (Å²) in [6.45, 7) is 4.29. The normalized spacial score (nSPS) is 21.8. The lowest BCUT2D eigenvalue weighted by Crippen LogP contribution is -2.34. The number of hydrogen-bond acceptors (Lipinski definition) is 1. The van der Waals surface area contributed by atoms with Crippen molar-refractivity contribution in [2.75, 3.05) is 5.32 Å². The van der Waals surface area contributed by atoms with Crippen molar-refractivity contribution in [1.82, 2.24) is 0 Å². The van der Waals surface area contributed by atoms with Crippen LogP contribution >= 0.6 is 11.6 Å². The molecule has 1 amide bonds. The molecule has 1 aromatic rings. The maximum absolute atomic E-state index is 12.4. The fourth-order valence-corrected chi connectivity index (χ4v) is 3.08. The Balaban J connectivity index is 2.45. The van der Waals surface area contributed by atoms with Gasteiger partial charge in [-0.25, -0.2) is 0 Å². The number of halogens is 1. The predicted molar refractivity (Wildman–Crippen MR) is 76.2 cm³/mol. The molecule has 1 aromatic carbocycles. The number of nitrogens with one attached hydrogen (secondary N) is 1. The lowest BCUT2D eigenvalue weighted by atomic mass is 9.74. The summed E-state index contributed by atoms with van der Waals surface area (Å²) in [5.74, 6) is 0.148. The van der Waals surface area contributed by atoms with Crippen LogP contribution in [0.5, 0.6) is 0 Å². The minimum Gasteiger partial charge on any atom is -0.325 e. The largest absolute Gasteiger partial charge is 0.325 e. The fourth-order valence-electron chi connectivity index (χ4n) is 2.91. The molecular weight excluding hydrogens is 246 g/mol. The molecule has 0 radical (unpaired) electrons. The second-order valence-corrected chi connectivity index (χ2v) is 5.52. The van der Waals surface area contributed by atoms with E-state index in [9.17, 15) is 4.79 Å². The summed E-state index contributed by atoms with van der Waals surface area (Å²) in [4.78, 5) is 12.4. The summed E-state index contributed by atoms with van der Waals surface area (Å²) < 4.78 is 0. The first-order valence-electron chi connectivity index (χ1n) is 6.75. The van der Waals surface area contributed by atoms with Crippen molar-refractivity contribution in [1.29, 1.82) is 0 Å². The summed E-state index contributed by atoms with van der Waals surface area (Å²) in [5.41, 5.74) is 1.68. The molecule has 2 nitrogen and oxygen atoms in total. The first kappa shape index (κ1) is 13.4. The number of carbonyl (C=O) groups excluding carboxylic acids is 1. The number of unbranched alkanes of at least 4 members (excludes halogenated alkanes) is 1. The van der Waals surface area contributed by atoms with Crippen LogP contribution in [-0.4, -0.2) is 5.91 Å². The molecular formula is C15H20ClNO. The van der Waals surface area contributed by atoms with Gasteiger partial charge < -0.3 is 5.32 Å². The van der Waals surface area contributed by atoms with Gasteiger partial charge in [-0.15, -0.1) is 0 Å². The lowest BCUT2D eigenvalue weighted by molar-refractivity contribution is -0.121. The third-order valence-corrected chi connectivity index (χ3v) is 4.05. The molecule has 18 heavy (non-hydrogen) atoms. The van der Waals surface area contributed by atoms with E-state index in [-0.39, 0.29) is 11.3 Å². The van der Waals surface area contributed by atoms with Gasteiger partial charge in [0, 0.05) is 10.7 Å². The van der Waals surface area contributed by atoms with E-state index >= 15 is 0 Å². The number of amides is 1. The van der Waals surface area contributed by atoms with E-state index in [2.05, 4.69) is 19.2 Å². The van der Waals surface area contributed by atoms with Crippen LogP contribution in [0, 0.1) is 0 Å². The van der Waals surface area contributed by atoms with E-state index in [4.69, 9.17) is 11.6 Å². The highest BCUT2D eigenvalue weighted by Crippen LogP contribution is 2.45. The number of anilines is 1. The molecule has 1 unspecified atom stereocenters.